The van der Waals surface area contributed by atoms with Crippen molar-refractivity contribution in [3.8, 4) is 0 Å². The molecular formula is C16H14F2OS. The molecule has 104 valence electrons. The Balaban J connectivity index is 2.06. The van der Waals surface area contributed by atoms with E-state index in [2.05, 4.69) is 0 Å². The Morgan fingerprint density at radius 2 is 1.80 bits per heavy atom. The van der Waals surface area contributed by atoms with Crippen molar-refractivity contribution in [3.63, 3.8) is 0 Å². The summed E-state index contributed by atoms with van der Waals surface area (Å²) in [6, 6.07) is 9.30. The van der Waals surface area contributed by atoms with Crippen molar-refractivity contribution in [3.05, 3.63) is 64.7 Å². The molecule has 0 saturated heterocycles. The zero-order chi connectivity index (χ0) is 14.7. The lowest BCUT2D eigenvalue weighted by molar-refractivity contribution is 0.102. The minimum Gasteiger partial charge on any atom is -0.293 e. The molecule has 0 radical (unpaired) electrons. The number of Topliss-reactive ketones (excluding diaryl/α,β-unsaturated/α-hetero) is 1. The highest BCUT2D eigenvalue weighted by Crippen LogP contribution is 2.22. The van der Waals surface area contributed by atoms with Crippen molar-refractivity contribution in [1.82, 2.24) is 0 Å². The Morgan fingerprint density at radius 1 is 1.05 bits per heavy atom. The van der Waals surface area contributed by atoms with E-state index < -0.39 is 11.6 Å². The number of halogens is 2. The van der Waals surface area contributed by atoms with Crippen LogP contribution in [0.4, 0.5) is 8.78 Å². The number of thioether (sulfide) groups is 1. The third kappa shape index (κ3) is 3.45. The average molecular weight is 292 g/mol. The predicted molar refractivity (Wildman–Crippen MR) is 77.3 cm³/mol. The Kier molecular flexibility index (Phi) is 4.55. The lowest BCUT2D eigenvalue weighted by Crippen LogP contribution is -2.05. The van der Waals surface area contributed by atoms with Crippen molar-refractivity contribution in [2.45, 2.75) is 18.7 Å². The van der Waals surface area contributed by atoms with Crippen LogP contribution in [0.1, 0.15) is 21.5 Å². The fourth-order valence-electron chi connectivity index (χ4n) is 1.92. The maximum Gasteiger partial charge on any atom is 0.173 e. The molecule has 0 saturated carbocycles. The fraction of sp³-hybridized carbons (Fsp3) is 0.188. The van der Waals surface area contributed by atoms with Gasteiger partial charge in [0.05, 0.1) is 5.75 Å². The topological polar surface area (TPSA) is 17.1 Å². The summed E-state index contributed by atoms with van der Waals surface area (Å²) in [6.45, 7) is 3.86. The van der Waals surface area contributed by atoms with Crippen LogP contribution in [-0.2, 0) is 0 Å². The smallest absolute Gasteiger partial charge is 0.173 e. The van der Waals surface area contributed by atoms with E-state index in [1.165, 1.54) is 17.8 Å². The van der Waals surface area contributed by atoms with Gasteiger partial charge in [-0.2, -0.15) is 0 Å². The summed E-state index contributed by atoms with van der Waals surface area (Å²) >= 11 is 1.20. The van der Waals surface area contributed by atoms with Gasteiger partial charge in [-0.1, -0.05) is 23.8 Å². The van der Waals surface area contributed by atoms with Gasteiger partial charge in [0, 0.05) is 10.5 Å². The van der Waals surface area contributed by atoms with Gasteiger partial charge in [-0.25, -0.2) is 8.78 Å². The molecule has 0 N–H and O–H groups in total. The number of hydrogen-bond donors (Lipinski definition) is 0. The van der Waals surface area contributed by atoms with E-state index in [1.54, 1.807) is 6.07 Å². The van der Waals surface area contributed by atoms with Crippen LogP contribution in [0.25, 0.3) is 0 Å². The zero-order valence-electron chi connectivity index (χ0n) is 11.2. The van der Waals surface area contributed by atoms with Crippen molar-refractivity contribution >= 4 is 17.5 Å². The van der Waals surface area contributed by atoms with E-state index in [-0.39, 0.29) is 11.5 Å². The van der Waals surface area contributed by atoms with Gasteiger partial charge in [-0.3, -0.25) is 4.79 Å². The average Bonchev–Trinajstić information content (AvgIpc) is 2.40. The highest BCUT2D eigenvalue weighted by molar-refractivity contribution is 8.00. The summed E-state index contributed by atoms with van der Waals surface area (Å²) in [7, 11) is 0. The van der Waals surface area contributed by atoms with E-state index in [4.69, 9.17) is 0 Å². The summed E-state index contributed by atoms with van der Waals surface area (Å²) < 4.78 is 25.9. The van der Waals surface area contributed by atoms with Crippen LogP contribution in [0.3, 0.4) is 0 Å². The summed E-state index contributed by atoms with van der Waals surface area (Å²) in [5, 5.41) is 0. The molecule has 0 unspecified atom stereocenters. The molecule has 0 amide bonds. The highest BCUT2D eigenvalue weighted by atomic mass is 32.2. The highest BCUT2D eigenvalue weighted by Gasteiger charge is 2.10. The third-order valence-corrected chi connectivity index (χ3v) is 3.94. The molecule has 0 aliphatic heterocycles. The summed E-state index contributed by atoms with van der Waals surface area (Å²) in [5.41, 5.74) is 2.71. The van der Waals surface area contributed by atoms with E-state index in [0.29, 0.717) is 10.5 Å². The number of rotatable bonds is 4. The molecule has 0 atom stereocenters. The number of carbonyl (C=O) groups is 1. The summed E-state index contributed by atoms with van der Waals surface area (Å²) in [6.07, 6.45) is 0. The van der Waals surface area contributed by atoms with Crippen LogP contribution in [0.15, 0.2) is 41.3 Å². The number of benzene rings is 2. The molecular weight excluding hydrogens is 278 g/mol. The number of aryl methyl sites for hydroxylation is 2. The van der Waals surface area contributed by atoms with Crippen LogP contribution in [0, 0.1) is 25.5 Å². The quantitative estimate of drug-likeness (QED) is 0.607. The Bertz CT molecular complexity index is 653. The van der Waals surface area contributed by atoms with Gasteiger partial charge < -0.3 is 0 Å². The standard InChI is InChI=1S/C16H14F2OS/c1-10-3-5-13(11(2)7-10)16(19)9-20-12-4-6-14(17)15(18)8-12/h3-8H,9H2,1-2H3. The third-order valence-electron chi connectivity index (χ3n) is 2.94. The van der Waals surface area contributed by atoms with Gasteiger partial charge in [0.15, 0.2) is 17.4 Å². The second kappa shape index (κ2) is 6.18. The van der Waals surface area contributed by atoms with Crippen molar-refractivity contribution in [1.29, 1.82) is 0 Å². The first kappa shape index (κ1) is 14.7. The first-order chi connectivity index (χ1) is 9.47. The first-order valence-corrected chi connectivity index (χ1v) is 7.14. The largest absolute Gasteiger partial charge is 0.293 e. The van der Waals surface area contributed by atoms with Crippen molar-refractivity contribution in [2.75, 3.05) is 5.75 Å². The molecule has 2 rings (SSSR count). The van der Waals surface area contributed by atoms with Gasteiger partial charge in [0.25, 0.3) is 0 Å². The second-order valence-corrected chi connectivity index (χ2v) is 5.65. The van der Waals surface area contributed by atoms with Crippen LogP contribution >= 0.6 is 11.8 Å². The van der Waals surface area contributed by atoms with Gasteiger partial charge >= 0.3 is 0 Å². The molecule has 20 heavy (non-hydrogen) atoms. The van der Waals surface area contributed by atoms with E-state index >= 15 is 0 Å². The molecule has 0 fully saturated rings. The van der Waals surface area contributed by atoms with E-state index in [9.17, 15) is 13.6 Å². The molecule has 0 spiro atoms. The monoisotopic (exact) mass is 292 g/mol. The number of hydrogen-bond acceptors (Lipinski definition) is 2. The maximum atomic E-state index is 13.1. The lowest BCUT2D eigenvalue weighted by Gasteiger charge is -2.06. The molecule has 0 aliphatic rings. The van der Waals surface area contributed by atoms with Crippen LogP contribution < -0.4 is 0 Å². The van der Waals surface area contributed by atoms with Crippen molar-refractivity contribution < 1.29 is 13.6 Å². The Morgan fingerprint density at radius 3 is 2.45 bits per heavy atom. The lowest BCUT2D eigenvalue weighted by atomic mass is 10.0. The summed E-state index contributed by atoms with van der Waals surface area (Å²) in [5.74, 6) is -1.59. The molecule has 0 aliphatic carbocycles. The minimum atomic E-state index is -0.894. The molecule has 0 bridgehead atoms. The molecule has 2 aromatic rings. The molecule has 4 heteroatoms. The van der Waals surface area contributed by atoms with Gasteiger partial charge in [-0.15, -0.1) is 11.8 Å². The number of carbonyl (C=O) groups excluding carboxylic acids is 1. The van der Waals surface area contributed by atoms with Crippen LogP contribution in [0.2, 0.25) is 0 Å². The molecule has 1 nitrogen and oxygen atoms in total. The molecule has 2 aromatic carbocycles. The van der Waals surface area contributed by atoms with E-state index in [1.807, 2.05) is 26.0 Å². The summed E-state index contributed by atoms with van der Waals surface area (Å²) in [4.78, 5) is 12.7. The first-order valence-electron chi connectivity index (χ1n) is 6.15. The van der Waals surface area contributed by atoms with Crippen molar-refractivity contribution in [2.24, 2.45) is 0 Å². The Hall–Kier alpha value is -1.68. The minimum absolute atomic E-state index is 0.0165. The van der Waals surface area contributed by atoms with Crippen LogP contribution in [-0.4, -0.2) is 11.5 Å². The molecule has 0 heterocycles. The Labute approximate surface area is 121 Å². The zero-order valence-corrected chi connectivity index (χ0v) is 12.1. The maximum absolute atomic E-state index is 13.1. The van der Waals surface area contributed by atoms with Gasteiger partial charge in [0.2, 0.25) is 0 Å². The SMILES string of the molecule is Cc1ccc(C(=O)CSc2ccc(F)c(F)c2)c(C)c1. The van der Waals surface area contributed by atoms with Crippen LogP contribution in [0.5, 0.6) is 0 Å². The number of ketones is 1. The normalized spacial score (nSPS) is 10.6. The second-order valence-electron chi connectivity index (χ2n) is 4.61. The van der Waals surface area contributed by atoms with Gasteiger partial charge in [-0.05, 0) is 37.6 Å². The predicted octanol–water partition coefficient (Wildman–Crippen LogP) is 4.56. The fourth-order valence-corrected chi connectivity index (χ4v) is 2.72. The molecule has 0 aromatic heterocycles. The van der Waals surface area contributed by atoms with Gasteiger partial charge in [0.1, 0.15) is 0 Å². The van der Waals surface area contributed by atoms with E-state index in [0.717, 1.165) is 23.3 Å².